The lowest BCUT2D eigenvalue weighted by atomic mass is 9.55. The quantitative estimate of drug-likeness (QED) is 0.171. The van der Waals surface area contributed by atoms with Crippen LogP contribution >= 0.6 is 0 Å². The van der Waals surface area contributed by atoms with Crippen LogP contribution in [0.25, 0.3) is 76.8 Å². The molecule has 1 spiro atoms. The van der Waals surface area contributed by atoms with Crippen LogP contribution in [0.5, 0.6) is 0 Å². The van der Waals surface area contributed by atoms with Crippen molar-refractivity contribution in [2.24, 2.45) is 0 Å². The van der Waals surface area contributed by atoms with Gasteiger partial charge in [0.05, 0.1) is 5.41 Å². The normalized spacial score (nSPS) is 15.7. The highest BCUT2D eigenvalue weighted by Crippen LogP contribution is 2.62. The van der Waals surface area contributed by atoms with E-state index in [1.54, 1.807) is 0 Å². The van der Waals surface area contributed by atoms with Crippen LogP contribution < -0.4 is 4.90 Å². The summed E-state index contributed by atoms with van der Waals surface area (Å²) in [5.74, 6) is 0. The summed E-state index contributed by atoms with van der Waals surface area (Å²) in [5, 5.41) is 7.64. The summed E-state index contributed by atoms with van der Waals surface area (Å²) >= 11 is 0. The molecule has 11 aromatic carbocycles. The maximum atomic E-state index is 2.55. The average molecular weight is 826 g/mol. The maximum Gasteiger partial charge on any atom is 0.0726 e. The van der Waals surface area contributed by atoms with Crippen molar-refractivity contribution in [3.05, 3.63) is 258 Å². The van der Waals surface area contributed by atoms with Gasteiger partial charge in [-0.1, -0.05) is 196 Å². The molecule has 0 fully saturated rings. The zero-order chi connectivity index (χ0) is 43.0. The predicted octanol–water partition coefficient (Wildman–Crippen LogP) is 16.9. The third-order valence-electron chi connectivity index (χ3n) is 15.2. The zero-order valence-electron chi connectivity index (χ0n) is 36.3. The summed E-state index contributed by atoms with van der Waals surface area (Å²) in [6.45, 7) is 4.76. The van der Waals surface area contributed by atoms with E-state index in [9.17, 15) is 0 Å². The van der Waals surface area contributed by atoms with Crippen LogP contribution in [0, 0.1) is 0 Å². The number of benzene rings is 11. The molecule has 0 saturated carbocycles. The minimum absolute atomic E-state index is 0.145. The number of nitrogens with zero attached hydrogens (tertiary/aromatic N) is 1. The molecule has 0 aromatic heterocycles. The number of rotatable bonds is 4. The van der Waals surface area contributed by atoms with E-state index in [1.807, 2.05) is 0 Å². The molecule has 1 heteroatoms. The summed E-state index contributed by atoms with van der Waals surface area (Å²) < 4.78 is 0. The fourth-order valence-corrected chi connectivity index (χ4v) is 12.3. The summed E-state index contributed by atoms with van der Waals surface area (Å²) in [6, 6.07) is 85.1. The van der Waals surface area contributed by atoms with Crippen LogP contribution in [0.2, 0.25) is 0 Å². The van der Waals surface area contributed by atoms with Gasteiger partial charge in [0.1, 0.15) is 0 Å². The van der Waals surface area contributed by atoms with E-state index in [-0.39, 0.29) is 5.41 Å². The van der Waals surface area contributed by atoms with Crippen LogP contribution in [-0.4, -0.2) is 0 Å². The molecule has 3 aliphatic rings. The fourth-order valence-electron chi connectivity index (χ4n) is 12.3. The van der Waals surface area contributed by atoms with Gasteiger partial charge in [0, 0.05) is 22.5 Å². The molecule has 0 aliphatic heterocycles. The molecule has 14 rings (SSSR count). The monoisotopic (exact) mass is 825 g/mol. The number of hydrogen-bond acceptors (Lipinski definition) is 1. The Morgan fingerprint density at radius 1 is 0.277 bits per heavy atom. The molecule has 0 heterocycles. The highest BCUT2D eigenvalue weighted by atomic mass is 15.1. The third kappa shape index (κ3) is 4.93. The highest BCUT2D eigenvalue weighted by Gasteiger charge is 2.49. The second-order valence-electron chi connectivity index (χ2n) is 18.8. The zero-order valence-corrected chi connectivity index (χ0v) is 36.3. The van der Waals surface area contributed by atoms with Crippen LogP contribution in [-0.2, 0) is 10.8 Å². The Hall–Kier alpha value is -8.00. The Kier molecular flexibility index (Phi) is 7.45. The van der Waals surface area contributed by atoms with Crippen molar-refractivity contribution in [2.75, 3.05) is 4.90 Å². The molecule has 0 N–H and O–H groups in total. The van der Waals surface area contributed by atoms with Crippen LogP contribution in [0.3, 0.4) is 0 Å². The molecule has 1 unspecified atom stereocenters. The first-order valence-electron chi connectivity index (χ1n) is 22.9. The molecular weight excluding hydrogens is 783 g/mol. The van der Waals surface area contributed by atoms with E-state index in [2.05, 4.69) is 243 Å². The third-order valence-corrected chi connectivity index (χ3v) is 15.2. The first-order valence-corrected chi connectivity index (χ1v) is 22.9. The van der Waals surface area contributed by atoms with Crippen LogP contribution in [0.4, 0.5) is 17.1 Å². The first-order chi connectivity index (χ1) is 32.0. The van der Waals surface area contributed by atoms with E-state index >= 15 is 0 Å². The van der Waals surface area contributed by atoms with Crippen molar-refractivity contribution in [2.45, 2.75) is 24.7 Å². The van der Waals surface area contributed by atoms with Gasteiger partial charge in [-0.05, 0) is 153 Å². The lowest BCUT2D eigenvalue weighted by molar-refractivity contribution is 0.660. The topological polar surface area (TPSA) is 3.24 Å². The van der Waals surface area contributed by atoms with Gasteiger partial charge >= 0.3 is 0 Å². The Morgan fingerprint density at radius 2 is 0.738 bits per heavy atom. The smallest absolute Gasteiger partial charge is 0.0726 e. The predicted molar refractivity (Wildman–Crippen MR) is 273 cm³/mol. The van der Waals surface area contributed by atoms with Crippen molar-refractivity contribution >= 4 is 49.4 Å². The first kappa shape index (κ1) is 36.5. The van der Waals surface area contributed by atoms with Gasteiger partial charge in [-0.25, -0.2) is 0 Å². The highest BCUT2D eigenvalue weighted by molar-refractivity contribution is 6.11. The van der Waals surface area contributed by atoms with Gasteiger partial charge in [-0.15, -0.1) is 0 Å². The summed E-state index contributed by atoms with van der Waals surface area (Å²) in [6.07, 6.45) is 0. The van der Waals surface area contributed by atoms with Gasteiger partial charge in [0.15, 0.2) is 0 Å². The Labute approximate surface area is 379 Å². The van der Waals surface area contributed by atoms with Gasteiger partial charge in [-0.2, -0.15) is 0 Å². The van der Waals surface area contributed by atoms with Gasteiger partial charge in [0.25, 0.3) is 0 Å². The molecule has 0 saturated heterocycles. The SMILES string of the molecule is CC1(C)c2ccccc2-c2ccc(N(c3ccc4c(c3)C3(c5cc(-c6ccccc6)ccc5-c5cccc6cccc3c56)c3cccc5cccc-4c35)c3ccc4ccccc4c3)cc21. The molecule has 11 aromatic rings. The van der Waals surface area contributed by atoms with Crippen LogP contribution in [0.1, 0.15) is 47.2 Å². The Balaban J connectivity index is 1.11. The van der Waals surface area contributed by atoms with E-state index in [0.717, 1.165) is 17.1 Å². The minimum Gasteiger partial charge on any atom is -0.310 e. The van der Waals surface area contributed by atoms with Gasteiger partial charge in [-0.3, -0.25) is 0 Å². The standard InChI is InChI=1S/C64H43N/c1-63(2)55-25-9-8-22-49(55)50-34-31-47(38-58(50)63)65(46-30-28-41-16-6-7-17-44(41)36-46)48-32-35-52-54-24-11-19-43-21-13-27-57(62(43)54)64(60(52)39-48)56-26-12-20-42-18-10-23-53(61(42)56)51-33-29-45(37-59(51)64)40-14-4-3-5-15-40/h3-39H,1-2H3. The largest absolute Gasteiger partial charge is 0.310 e. The number of fused-ring (bicyclic) bond motifs is 12. The minimum atomic E-state index is -0.649. The molecule has 65 heavy (non-hydrogen) atoms. The van der Waals surface area contributed by atoms with Crippen molar-refractivity contribution in [1.82, 2.24) is 0 Å². The second-order valence-corrected chi connectivity index (χ2v) is 18.8. The molecule has 1 atom stereocenters. The van der Waals surface area contributed by atoms with E-state index in [0.29, 0.717) is 0 Å². The van der Waals surface area contributed by atoms with Gasteiger partial charge in [0.2, 0.25) is 0 Å². The summed E-state index contributed by atoms with van der Waals surface area (Å²) in [7, 11) is 0. The summed E-state index contributed by atoms with van der Waals surface area (Å²) in [5.41, 5.74) is 20.9. The van der Waals surface area contributed by atoms with Crippen LogP contribution in [0.15, 0.2) is 224 Å². The average Bonchev–Trinajstić information content (AvgIpc) is 3.59. The molecular formula is C64H43N. The Morgan fingerprint density at radius 3 is 1.43 bits per heavy atom. The van der Waals surface area contributed by atoms with Crippen molar-refractivity contribution in [3.63, 3.8) is 0 Å². The van der Waals surface area contributed by atoms with Crippen molar-refractivity contribution in [3.8, 4) is 44.5 Å². The molecule has 3 aliphatic carbocycles. The van der Waals surface area contributed by atoms with E-state index in [1.165, 1.54) is 110 Å². The Bertz CT molecular complexity index is 3790. The molecule has 0 radical (unpaired) electrons. The molecule has 304 valence electrons. The van der Waals surface area contributed by atoms with Crippen molar-refractivity contribution < 1.29 is 0 Å². The van der Waals surface area contributed by atoms with Crippen molar-refractivity contribution in [1.29, 1.82) is 0 Å². The maximum absolute atomic E-state index is 2.55. The van der Waals surface area contributed by atoms with Gasteiger partial charge < -0.3 is 4.90 Å². The molecule has 0 bridgehead atoms. The lowest BCUT2D eigenvalue weighted by Gasteiger charge is -2.46. The number of hydrogen-bond donors (Lipinski definition) is 0. The summed E-state index contributed by atoms with van der Waals surface area (Å²) in [4.78, 5) is 2.51. The molecule has 1 nitrogen and oxygen atoms in total. The van der Waals surface area contributed by atoms with E-state index < -0.39 is 5.41 Å². The molecule has 0 amide bonds. The second kappa shape index (κ2) is 13.3. The number of anilines is 3. The fraction of sp³-hybridized carbons (Fsp3) is 0.0625. The van der Waals surface area contributed by atoms with E-state index in [4.69, 9.17) is 0 Å². The lowest BCUT2D eigenvalue weighted by Crippen LogP contribution is -2.36.